The fraction of sp³-hybridized carbons (Fsp3) is 0.0714. The molecule has 2 amide bonds. The highest BCUT2D eigenvalue weighted by molar-refractivity contribution is 6.33. The Morgan fingerprint density at radius 3 is 2.64 bits per heavy atom. The second kappa shape index (κ2) is 7.20. The van der Waals surface area contributed by atoms with Gasteiger partial charge in [-0.25, -0.2) is 4.39 Å². The van der Waals surface area contributed by atoms with Crippen molar-refractivity contribution in [1.82, 2.24) is 10.3 Å². The van der Waals surface area contributed by atoms with E-state index in [1.807, 2.05) is 0 Å². The molecule has 0 aliphatic heterocycles. The lowest BCUT2D eigenvalue weighted by atomic mass is 10.3. The summed E-state index contributed by atoms with van der Waals surface area (Å²) >= 11 is 11.5. The number of pyridine rings is 1. The Labute approximate surface area is 135 Å². The highest BCUT2D eigenvalue weighted by Gasteiger charge is 2.11. The van der Waals surface area contributed by atoms with Crippen molar-refractivity contribution in [2.45, 2.75) is 0 Å². The van der Waals surface area contributed by atoms with Crippen molar-refractivity contribution in [3.05, 3.63) is 58.1 Å². The van der Waals surface area contributed by atoms with E-state index in [1.165, 1.54) is 24.4 Å². The van der Waals surface area contributed by atoms with Crippen LogP contribution in [0.4, 0.5) is 10.1 Å². The van der Waals surface area contributed by atoms with E-state index in [0.29, 0.717) is 5.02 Å². The van der Waals surface area contributed by atoms with Gasteiger partial charge in [-0.2, -0.15) is 0 Å². The third kappa shape index (κ3) is 4.41. The van der Waals surface area contributed by atoms with Crippen molar-refractivity contribution in [3.8, 4) is 0 Å². The van der Waals surface area contributed by atoms with E-state index >= 15 is 0 Å². The maximum Gasteiger partial charge on any atom is 0.270 e. The van der Waals surface area contributed by atoms with E-state index < -0.39 is 17.6 Å². The minimum atomic E-state index is -0.539. The summed E-state index contributed by atoms with van der Waals surface area (Å²) in [7, 11) is 0. The van der Waals surface area contributed by atoms with Crippen molar-refractivity contribution in [1.29, 1.82) is 0 Å². The number of aromatic nitrogens is 1. The van der Waals surface area contributed by atoms with E-state index in [2.05, 4.69) is 15.6 Å². The molecule has 0 unspecified atom stereocenters. The van der Waals surface area contributed by atoms with Crippen LogP contribution in [0, 0.1) is 5.82 Å². The highest BCUT2D eigenvalue weighted by atomic mass is 35.5. The average Bonchev–Trinajstić information content (AvgIpc) is 2.47. The molecule has 2 aromatic rings. The Morgan fingerprint density at radius 2 is 1.95 bits per heavy atom. The van der Waals surface area contributed by atoms with Crippen LogP contribution < -0.4 is 10.6 Å². The third-order valence-corrected chi connectivity index (χ3v) is 3.12. The van der Waals surface area contributed by atoms with Crippen LogP contribution in [0.3, 0.4) is 0 Å². The fourth-order valence-electron chi connectivity index (χ4n) is 1.57. The van der Waals surface area contributed by atoms with Gasteiger partial charge in [0, 0.05) is 11.2 Å². The van der Waals surface area contributed by atoms with Gasteiger partial charge < -0.3 is 10.6 Å². The molecule has 0 aliphatic rings. The molecule has 2 rings (SSSR count). The molecule has 0 radical (unpaired) electrons. The van der Waals surface area contributed by atoms with Gasteiger partial charge >= 0.3 is 0 Å². The maximum absolute atomic E-state index is 12.9. The largest absolute Gasteiger partial charge is 0.342 e. The maximum atomic E-state index is 12.9. The normalized spacial score (nSPS) is 10.1. The second-order valence-electron chi connectivity index (χ2n) is 4.21. The summed E-state index contributed by atoms with van der Waals surface area (Å²) in [6.45, 7) is -0.291. The Bertz CT molecular complexity index is 725. The van der Waals surface area contributed by atoms with Gasteiger partial charge in [-0.3, -0.25) is 14.6 Å². The first-order valence-electron chi connectivity index (χ1n) is 6.10. The molecule has 114 valence electrons. The standard InChI is InChI=1S/C14H10Cl2FN3O2/c15-8-3-4-18-12(5-8)14(22)19-7-13(21)20-11-2-1-9(17)6-10(11)16/h1-6H,7H2,(H,19,22)(H,20,21). The van der Waals surface area contributed by atoms with Gasteiger partial charge in [0.05, 0.1) is 17.3 Å². The number of hydrogen-bond donors (Lipinski definition) is 2. The van der Waals surface area contributed by atoms with E-state index in [9.17, 15) is 14.0 Å². The Morgan fingerprint density at radius 1 is 1.18 bits per heavy atom. The molecule has 1 aromatic heterocycles. The zero-order valence-electron chi connectivity index (χ0n) is 11.1. The first-order chi connectivity index (χ1) is 10.5. The fourth-order valence-corrected chi connectivity index (χ4v) is 1.94. The number of benzene rings is 1. The van der Waals surface area contributed by atoms with Gasteiger partial charge in [-0.1, -0.05) is 23.2 Å². The molecule has 0 bridgehead atoms. The number of anilines is 1. The molecule has 0 atom stereocenters. The molecule has 0 spiro atoms. The van der Waals surface area contributed by atoms with Crippen LogP contribution in [0.1, 0.15) is 10.5 Å². The molecule has 0 saturated carbocycles. The number of halogens is 3. The summed E-state index contributed by atoms with van der Waals surface area (Å²) in [5.74, 6) is -1.56. The van der Waals surface area contributed by atoms with Crippen LogP contribution in [0.15, 0.2) is 36.5 Å². The van der Waals surface area contributed by atoms with Crippen molar-refractivity contribution >= 4 is 40.7 Å². The van der Waals surface area contributed by atoms with Gasteiger partial charge in [-0.05, 0) is 30.3 Å². The molecule has 8 heteroatoms. The van der Waals surface area contributed by atoms with Crippen LogP contribution in [-0.4, -0.2) is 23.3 Å². The van der Waals surface area contributed by atoms with Crippen LogP contribution in [0.25, 0.3) is 0 Å². The van der Waals surface area contributed by atoms with Crippen LogP contribution >= 0.6 is 23.2 Å². The summed E-state index contributed by atoms with van der Waals surface area (Å²) in [6.07, 6.45) is 1.38. The molecule has 2 N–H and O–H groups in total. The van der Waals surface area contributed by atoms with E-state index in [4.69, 9.17) is 23.2 Å². The predicted octanol–water partition coefficient (Wildman–Crippen LogP) is 2.90. The van der Waals surface area contributed by atoms with Crippen LogP contribution in [0.2, 0.25) is 10.0 Å². The van der Waals surface area contributed by atoms with Crippen molar-refractivity contribution in [2.75, 3.05) is 11.9 Å². The number of carbonyl (C=O) groups excluding carboxylic acids is 2. The Kier molecular flexibility index (Phi) is 5.30. The summed E-state index contributed by atoms with van der Waals surface area (Å²) in [4.78, 5) is 27.3. The van der Waals surface area contributed by atoms with Gasteiger partial charge in [0.25, 0.3) is 5.91 Å². The minimum Gasteiger partial charge on any atom is -0.342 e. The zero-order chi connectivity index (χ0) is 16.1. The molecule has 1 heterocycles. The quantitative estimate of drug-likeness (QED) is 0.898. The summed E-state index contributed by atoms with van der Waals surface area (Å²) < 4.78 is 12.9. The molecule has 1 aromatic carbocycles. The monoisotopic (exact) mass is 341 g/mol. The lowest BCUT2D eigenvalue weighted by Crippen LogP contribution is -2.33. The summed E-state index contributed by atoms with van der Waals surface area (Å²) in [6, 6.07) is 6.48. The lowest BCUT2D eigenvalue weighted by molar-refractivity contribution is -0.115. The first kappa shape index (κ1) is 16.2. The zero-order valence-corrected chi connectivity index (χ0v) is 12.6. The molecule has 0 fully saturated rings. The summed E-state index contributed by atoms with van der Waals surface area (Å²) in [5.41, 5.74) is 0.350. The third-order valence-electron chi connectivity index (χ3n) is 2.57. The van der Waals surface area contributed by atoms with Crippen molar-refractivity contribution in [2.24, 2.45) is 0 Å². The molecule has 22 heavy (non-hydrogen) atoms. The number of nitrogens with one attached hydrogen (secondary N) is 2. The Balaban J connectivity index is 1.91. The van der Waals surface area contributed by atoms with E-state index in [-0.39, 0.29) is 22.9 Å². The SMILES string of the molecule is O=C(CNC(=O)c1cc(Cl)ccn1)Nc1ccc(F)cc1Cl. The lowest BCUT2D eigenvalue weighted by Gasteiger charge is -2.08. The van der Waals surface area contributed by atoms with Crippen molar-refractivity contribution in [3.63, 3.8) is 0 Å². The van der Waals surface area contributed by atoms with Crippen LogP contribution in [0.5, 0.6) is 0 Å². The van der Waals surface area contributed by atoms with Crippen LogP contribution in [-0.2, 0) is 4.79 Å². The first-order valence-corrected chi connectivity index (χ1v) is 6.86. The summed E-state index contributed by atoms with van der Waals surface area (Å²) in [5, 5.41) is 5.27. The second-order valence-corrected chi connectivity index (χ2v) is 5.06. The molecule has 0 saturated heterocycles. The topological polar surface area (TPSA) is 71.1 Å². The number of nitrogens with zero attached hydrogens (tertiary/aromatic N) is 1. The molecular formula is C14H10Cl2FN3O2. The van der Waals surface area contributed by atoms with Gasteiger partial charge in [0.1, 0.15) is 11.5 Å². The van der Waals surface area contributed by atoms with E-state index in [0.717, 1.165) is 12.1 Å². The molecular weight excluding hydrogens is 332 g/mol. The number of hydrogen-bond acceptors (Lipinski definition) is 3. The van der Waals surface area contributed by atoms with Crippen molar-refractivity contribution < 1.29 is 14.0 Å². The van der Waals surface area contributed by atoms with Gasteiger partial charge in [0.15, 0.2) is 0 Å². The smallest absolute Gasteiger partial charge is 0.270 e. The van der Waals surface area contributed by atoms with E-state index in [1.54, 1.807) is 0 Å². The molecule has 0 aliphatic carbocycles. The molecule has 5 nitrogen and oxygen atoms in total. The number of carbonyl (C=O) groups is 2. The van der Waals surface area contributed by atoms with Gasteiger partial charge in [-0.15, -0.1) is 0 Å². The Hall–Kier alpha value is -2.18. The highest BCUT2D eigenvalue weighted by Crippen LogP contribution is 2.22. The number of amides is 2. The number of rotatable bonds is 4. The minimum absolute atomic E-state index is 0.0659. The predicted molar refractivity (Wildman–Crippen MR) is 81.6 cm³/mol. The van der Waals surface area contributed by atoms with Gasteiger partial charge in [0.2, 0.25) is 5.91 Å². The average molecular weight is 342 g/mol.